The average Bonchev–Trinajstić information content (AvgIpc) is 2.48. The second-order valence-electron chi connectivity index (χ2n) is 4.56. The van der Waals surface area contributed by atoms with E-state index in [0.717, 1.165) is 0 Å². The Hall–Kier alpha value is -1.75. The van der Waals surface area contributed by atoms with Crippen LogP contribution in [0.5, 0.6) is 0 Å². The Morgan fingerprint density at radius 2 is 1.57 bits per heavy atom. The fraction of sp³-hybridized carbons (Fsp3) is 0.727. The number of carboxylic acids is 1. The SMILES string of the molecule is N[C@@H](CCC(=O)NCC(=O)NC(CO)(CO)CO)C(=O)O. The number of rotatable bonds is 10. The van der Waals surface area contributed by atoms with Gasteiger partial charge in [0.15, 0.2) is 0 Å². The van der Waals surface area contributed by atoms with Gasteiger partial charge in [-0.1, -0.05) is 0 Å². The van der Waals surface area contributed by atoms with Gasteiger partial charge >= 0.3 is 5.97 Å². The van der Waals surface area contributed by atoms with E-state index < -0.39 is 55.7 Å². The first-order chi connectivity index (χ1) is 9.80. The van der Waals surface area contributed by atoms with Gasteiger partial charge in [-0.25, -0.2) is 0 Å². The molecule has 0 spiro atoms. The van der Waals surface area contributed by atoms with Crippen molar-refractivity contribution in [1.29, 1.82) is 0 Å². The number of hydrogen-bond donors (Lipinski definition) is 7. The molecule has 0 fully saturated rings. The highest BCUT2D eigenvalue weighted by Gasteiger charge is 2.29. The van der Waals surface area contributed by atoms with Gasteiger partial charge in [-0.15, -0.1) is 0 Å². The van der Waals surface area contributed by atoms with Crippen LogP contribution in [0.1, 0.15) is 12.8 Å². The van der Waals surface area contributed by atoms with Gasteiger partial charge in [-0.05, 0) is 6.42 Å². The summed E-state index contributed by atoms with van der Waals surface area (Å²) in [4.78, 5) is 33.3. The summed E-state index contributed by atoms with van der Waals surface area (Å²) in [6.07, 6.45) is -0.234. The Labute approximate surface area is 120 Å². The molecule has 8 N–H and O–H groups in total. The van der Waals surface area contributed by atoms with E-state index in [1.54, 1.807) is 0 Å². The maximum atomic E-state index is 11.5. The fourth-order valence-corrected chi connectivity index (χ4v) is 1.29. The lowest BCUT2D eigenvalue weighted by molar-refractivity contribution is -0.138. The summed E-state index contributed by atoms with van der Waals surface area (Å²) in [5.41, 5.74) is 3.65. The van der Waals surface area contributed by atoms with Crippen LogP contribution in [0.15, 0.2) is 0 Å². The van der Waals surface area contributed by atoms with E-state index in [1.807, 2.05) is 0 Å². The number of amides is 2. The summed E-state index contributed by atoms with van der Waals surface area (Å²) in [6, 6.07) is -1.16. The predicted molar refractivity (Wildman–Crippen MR) is 70.0 cm³/mol. The standard InChI is InChI=1S/C11H21N3O7/c12-7(10(20)21)1-2-8(18)13-3-9(19)14-11(4-15,5-16)6-17/h7,15-17H,1-6,12H2,(H,13,18)(H,14,19)(H,20,21)/t7-/m0/s1. The van der Waals surface area contributed by atoms with E-state index in [-0.39, 0.29) is 12.8 Å². The first-order valence-corrected chi connectivity index (χ1v) is 6.19. The number of aliphatic carboxylic acids is 1. The molecule has 122 valence electrons. The van der Waals surface area contributed by atoms with Crippen molar-refractivity contribution in [1.82, 2.24) is 10.6 Å². The third kappa shape index (κ3) is 6.99. The van der Waals surface area contributed by atoms with Crippen LogP contribution in [0.25, 0.3) is 0 Å². The van der Waals surface area contributed by atoms with Gasteiger partial charge in [-0.2, -0.15) is 0 Å². The largest absolute Gasteiger partial charge is 0.480 e. The van der Waals surface area contributed by atoms with Crippen LogP contribution < -0.4 is 16.4 Å². The number of aliphatic hydroxyl groups excluding tert-OH is 3. The van der Waals surface area contributed by atoms with Crippen LogP contribution in [0.4, 0.5) is 0 Å². The lowest BCUT2D eigenvalue weighted by atomic mass is 10.0. The minimum absolute atomic E-state index is 0.0728. The zero-order valence-corrected chi connectivity index (χ0v) is 11.4. The molecule has 0 radical (unpaired) electrons. The molecular weight excluding hydrogens is 286 g/mol. The van der Waals surface area contributed by atoms with Gasteiger partial charge < -0.3 is 36.8 Å². The molecule has 0 heterocycles. The van der Waals surface area contributed by atoms with E-state index in [0.29, 0.717) is 0 Å². The zero-order chi connectivity index (χ0) is 16.5. The molecule has 0 bridgehead atoms. The monoisotopic (exact) mass is 307 g/mol. The van der Waals surface area contributed by atoms with Crippen molar-refractivity contribution in [2.45, 2.75) is 24.4 Å². The molecule has 0 unspecified atom stereocenters. The summed E-state index contributed by atoms with van der Waals surface area (Å²) in [5, 5.41) is 40.0. The molecule has 0 saturated carbocycles. The Bertz CT molecular complexity index is 363. The molecule has 0 aliphatic heterocycles. The average molecular weight is 307 g/mol. The van der Waals surface area contributed by atoms with Gasteiger partial charge in [0.2, 0.25) is 11.8 Å². The van der Waals surface area contributed by atoms with Gasteiger partial charge in [0, 0.05) is 6.42 Å². The van der Waals surface area contributed by atoms with E-state index in [2.05, 4.69) is 10.6 Å². The summed E-state index contributed by atoms with van der Waals surface area (Å²) >= 11 is 0. The van der Waals surface area contributed by atoms with E-state index in [1.165, 1.54) is 0 Å². The third-order valence-electron chi connectivity index (χ3n) is 2.76. The van der Waals surface area contributed by atoms with Crippen LogP contribution in [0, 0.1) is 0 Å². The van der Waals surface area contributed by atoms with E-state index in [4.69, 9.17) is 26.2 Å². The van der Waals surface area contributed by atoms with Gasteiger partial charge in [-0.3, -0.25) is 14.4 Å². The number of nitrogens with one attached hydrogen (secondary N) is 2. The Balaban J connectivity index is 4.13. The van der Waals surface area contributed by atoms with Crippen LogP contribution in [-0.4, -0.2) is 76.2 Å². The molecule has 2 amide bonds. The van der Waals surface area contributed by atoms with Gasteiger partial charge in [0.05, 0.1) is 26.4 Å². The van der Waals surface area contributed by atoms with Crippen molar-refractivity contribution in [3.05, 3.63) is 0 Å². The highest BCUT2D eigenvalue weighted by Crippen LogP contribution is 2.01. The molecule has 0 aromatic carbocycles. The molecule has 0 saturated heterocycles. The highest BCUT2D eigenvalue weighted by molar-refractivity contribution is 5.85. The number of carbonyl (C=O) groups excluding carboxylic acids is 2. The number of nitrogens with two attached hydrogens (primary N) is 1. The smallest absolute Gasteiger partial charge is 0.320 e. The van der Waals surface area contributed by atoms with Gasteiger partial charge in [0.1, 0.15) is 11.6 Å². The maximum Gasteiger partial charge on any atom is 0.320 e. The lowest BCUT2D eigenvalue weighted by Crippen LogP contribution is -2.58. The summed E-state index contributed by atoms with van der Waals surface area (Å²) in [5.74, 6) is -2.51. The van der Waals surface area contributed by atoms with Crippen molar-refractivity contribution >= 4 is 17.8 Å². The topological polar surface area (TPSA) is 182 Å². The van der Waals surface area contributed by atoms with Crippen LogP contribution in [-0.2, 0) is 14.4 Å². The second kappa shape index (κ2) is 9.23. The number of hydrogen-bond acceptors (Lipinski definition) is 7. The van der Waals surface area contributed by atoms with E-state index >= 15 is 0 Å². The molecule has 0 rings (SSSR count). The molecular formula is C11H21N3O7. The number of aliphatic hydroxyl groups is 3. The summed E-state index contributed by atoms with van der Waals surface area (Å²) < 4.78 is 0. The number of carbonyl (C=O) groups is 3. The molecule has 0 aliphatic carbocycles. The second-order valence-corrected chi connectivity index (χ2v) is 4.56. The van der Waals surface area contributed by atoms with Crippen molar-refractivity contribution in [3.63, 3.8) is 0 Å². The zero-order valence-electron chi connectivity index (χ0n) is 11.4. The molecule has 1 atom stereocenters. The molecule has 21 heavy (non-hydrogen) atoms. The molecule has 0 aliphatic rings. The third-order valence-corrected chi connectivity index (χ3v) is 2.76. The Kier molecular flexibility index (Phi) is 8.47. The normalized spacial score (nSPS) is 12.6. The van der Waals surface area contributed by atoms with Crippen molar-refractivity contribution < 1.29 is 34.8 Å². The quantitative estimate of drug-likeness (QED) is 0.214. The highest BCUT2D eigenvalue weighted by atomic mass is 16.4. The van der Waals surface area contributed by atoms with Crippen molar-refractivity contribution in [3.8, 4) is 0 Å². The first kappa shape index (κ1) is 19.2. The minimum Gasteiger partial charge on any atom is -0.480 e. The molecule has 0 aromatic heterocycles. The Morgan fingerprint density at radius 3 is 2.00 bits per heavy atom. The van der Waals surface area contributed by atoms with Crippen LogP contribution >= 0.6 is 0 Å². The summed E-state index contributed by atoms with van der Waals surface area (Å²) in [7, 11) is 0. The summed E-state index contributed by atoms with van der Waals surface area (Å²) in [6.45, 7) is -2.46. The van der Waals surface area contributed by atoms with Crippen LogP contribution in [0.2, 0.25) is 0 Å². The first-order valence-electron chi connectivity index (χ1n) is 6.19. The van der Waals surface area contributed by atoms with Crippen molar-refractivity contribution in [2.24, 2.45) is 5.73 Å². The predicted octanol–water partition coefficient (Wildman–Crippen LogP) is -3.87. The van der Waals surface area contributed by atoms with E-state index in [9.17, 15) is 14.4 Å². The van der Waals surface area contributed by atoms with Crippen LogP contribution in [0.3, 0.4) is 0 Å². The Morgan fingerprint density at radius 1 is 1.05 bits per heavy atom. The minimum atomic E-state index is -1.56. The van der Waals surface area contributed by atoms with Crippen molar-refractivity contribution in [2.75, 3.05) is 26.4 Å². The number of carboxylic acid groups (broad SMARTS) is 1. The fourth-order valence-electron chi connectivity index (χ4n) is 1.29. The van der Waals surface area contributed by atoms with Gasteiger partial charge in [0.25, 0.3) is 0 Å². The molecule has 10 nitrogen and oxygen atoms in total. The lowest BCUT2D eigenvalue weighted by Gasteiger charge is -2.28. The molecule has 0 aromatic rings. The molecule has 10 heteroatoms. The maximum absolute atomic E-state index is 11.5.